The van der Waals surface area contributed by atoms with Crippen LogP contribution in [0.2, 0.25) is 0 Å². The molecule has 0 radical (unpaired) electrons. The van der Waals surface area contributed by atoms with Crippen molar-refractivity contribution in [2.75, 3.05) is 46.2 Å². The van der Waals surface area contributed by atoms with E-state index in [-0.39, 0.29) is 31.2 Å². The van der Waals surface area contributed by atoms with E-state index < -0.39 is 23.6 Å². The van der Waals surface area contributed by atoms with E-state index >= 15 is 0 Å². The smallest absolute Gasteiger partial charge is 0.308 e. The number of fused-ring (bicyclic) bond motifs is 1. The van der Waals surface area contributed by atoms with Crippen LogP contribution < -0.4 is 9.47 Å². The molecule has 0 aliphatic carbocycles. The van der Waals surface area contributed by atoms with Crippen molar-refractivity contribution >= 4 is 11.9 Å². The van der Waals surface area contributed by atoms with Crippen molar-refractivity contribution in [1.82, 2.24) is 9.80 Å². The normalized spacial score (nSPS) is 24.1. The van der Waals surface area contributed by atoms with E-state index in [9.17, 15) is 14.7 Å². The Kier molecular flexibility index (Phi) is 8.98. The van der Waals surface area contributed by atoms with Gasteiger partial charge >= 0.3 is 5.97 Å². The van der Waals surface area contributed by atoms with Crippen molar-refractivity contribution in [3.8, 4) is 11.5 Å². The van der Waals surface area contributed by atoms with Gasteiger partial charge in [-0.2, -0.15) is 0 Å². The zero-order valence-electron chi connectivity index (χ0n) is 22.6. The molecule has 0 spiro atoms. The summed E-state index contributed by atoms with van der Waals surface area (Å²) in [6.07, 6.45) is 3.00. The molecule has 3 aliphatic rings. The predicted molar refractivity (Wildman–Crippen MR) is 138 cm³/mol. The molecule has 0 saturated carbocycles. The molecular formula is C28H42N2O7. The van der Waals surface area contributed by atoms with Crippen molar-refractivity contribution in [2.24, 2.45) is 11.3 Å². The van der Waals surface area contributed by atoms with Crippen LogP contribution in [-0.2, 0) is 19.1 Å². The molecule has 9 nitrogen and oxygen atoms in total. The van der Waals surface area contributed by atoms with E-state index in [1.165, 1.54) is 0 Å². The Labute approximate surface area is 220 Å². The lowest BCUT2D eigenvalue weighted by molar-refractivity contribution is -0.148. The molecule has 2 saturated heterocycles. The summed E-state index contributed by atoms with van der Waals surface area (Å²) in [6.45, 7) is 11.6. The average molecular weight is 519 g/mol. The van der Waals surface area contributed by atoms with Gasteiger partial charge in [-0.3, -0.25) is 14.5 Å². The van der Waals surface area contributed by atoms with E-state index in [0.717, 1.165) is 31.4 Å². The maximum atomic E-state index is 13.5. The van der Waals surface area contributed by atoms with Gasteiger partial charge in [-0.05, 0) is 37.0 Å². The zero-order valence-corrected chi connectivity index (χ0v) is 22.6. The number of benzene rings is 1. The SMILES string of the molecule is CCCCN(CCC)C(=O)CN1C[C@H](c2ccc3c(c2)OCO3)C(C(=O)O)[C@@H]1CC(C)(C)C1OCCO1. The van der Waals surface area contributed by atoms with Gasteiger partial charge in [0.2, 0.25) is 12.7 Å². The van der Waals surface area contributed by atoms with Gasteiger partial charge in [0.1, 0.15) is 0 Å². The van der Waals surface area contributed by atoms with Gasteiger partial charge in [0.15, 0.2) is 17.8 Å². The van der Waals surface area contributed by atoms with E-state index in [1.807, 2.05) is 23.1 Å². The van der Waals surface area contributed by atoms with Gasteiger partial charge in [0.25, 0.3) is 0 Å². The summed E-state index contributed by atoms with van der Waals surface area (Å²) in [7, 11) is 0. The number of ether oxygens (including phenoxy) is 4. The number of carboxylic acid groups (broad SMARTS) is 1. The van der Waals surface area contributed by atoms with Crippen molar-refractivity contribution in [2.45, 2.75) is 71.6 Å². The average Bonchev–Trinajstić information content (AvgIpc) is 3.61. The highest BCUT2D eigenvalue weighted by Crippen LogP contribution is 2.46. The van der Waals surface area contributed by atoms with Crippen LogP contribution in [0.25, 0.3) is 0 Å². The van der Waals surface area contributed by atoms with Gasteiger partial charge in [0, 0.05) is 37.0 Å². The number of carbonyl (C=O) groups is 2. The van der Waals surface area contributed by atoms with Crippen LogP contribution in [0.15, 0.2) is 18.2 Å². The fourth-order valence-corrected chi connectivity index (χ4v) is 5.93. The Balaban J connectivity index is 1.63. The summed E-state index contributed by atoms with van der Waals surface area (Å²) in [6, 6.07) is 5.31. The summed E-state index contributed by atoms with van der Waals surface area (Å²) >= 11 is 0. The number of amides is 1. The monoisotopic (exact) mass is 518 g/mol. The lowest BCUT2D eigenvalue weighted by Crippen LogP contribution is -2.47. The van der Waals surface area contributed by atoms with Crippen molar-refractivity contribution in [1.29, 1.82) is 0 Å². The Morgan fingerprint density at radius 2 is 1.81 bits per heavy atom. The largest absolute Gasteiger partial charge is 0.481 e. The number of carbonyl (C=O) groups excluding carboxylic acids is 1. The van der Waals surface area contributed by atoms with Gasteiger partial charge in [0.05, 0.1) is 25.7 Å². The minimum atomic E-state index is -0.858. The highest BCUT2D eigenvalue weighted by Gasteiger charge is 2.50. The lowest BCUT2D eigenvalue weighted by atomic mass is 9.77. The van der Waals surface area contributed by atoms with Gasteiger partial charge in [-0.25, -0.2) is 0 Å². The number of carboxylic acids is 1. The number of rotatable bonds is 12. The standard InChI is InChI=1S/C28H42N2O7/c1-5-7-11-29(10-6-2)24(31)17-30-16-20(19-8-9-22-23(14-19)37-18-36-22)25(26(32)33)21(30)15-28(3,4)27-34-12-13-35-27/h8-9,14,20-21,25,27H,5-7,10-13,15-18H2,1-4H3,(H,32,33)/t20-,21+,25?/m1/s1. The van der Waals surface area contributed by atoms with Crippen LogP contribution in [0.1, 0.15) is 64.9 Å². The first kappa shape index (κ1) is 27.7. The third kappa shape index (κ3) is 6.21. The summed E-state index contributed by atoms with van der Waals surface area (Å²) in [5.74, 6) is -0.482. The molecule has 9 heteroatoms. The molecule has 4 rings (SSSR count). The minimum absolute atomic E-state index is 0.0574. The van der Waals surface area contributed by atoms with E-state index in [2.05, 4.69) is 32.6 Å². The second kappa shape index (κ2) is 12.0. The predicted octanol–water partition coefficient (Wildman–Crippen LogP) is 3.71. The molecule has 3 heterocycles. The number of hydrogen-bond donors (Lipinski definition) is 1. The Morgan fingerprint density at radius 1 is 1.08 bits per heavy atom. The molecule has 206 valence electrons. The molecule has 1 N–H and O–H groups in total. The van der Waals surface area contributed by atoms with Gasteiger partial charge < -0.3 is 29.0 Å². The molecule has 3 aliphatic heterocycles. The maximum Gasteiger partial charge on any atom is 0.308 e. The second-order valence-electron chi connectivity index (χ2n) is 11.1. The fraction of sp³-hybridized carbons (Fsp3) is 0.714. The van der Waals surface area contributed by atoms with Crippen LogP contribution in [0, 0.1) is 11.3 Å². The van der Waals surface area contributed by atoms with E-state index in [4.69, 9.17) is 18.9 Å². The first-order valence-electron chi connectivity index (χ1n) is 13.6. The van der Waals surface area contributed by atoms with Crippen molar-refractivity contribution < 1.29 is 33.6 Å². The molecule has 2 fully saturated rings. The summed E-state index contributed by atoms with van der Waals surface area (Å²) in [4.78, 5) is 30.3. The lowest BCUT2D eigenvalue weighted by Gasteiger charge is -2.37. The number of aliphatic carboxylic acids is 1. The van der Waals surface area contributed by atoms with Crippen LogP contribution in [0.3, 0.4) is 0 Å². The van der Waals surface area contributed by atoms with E-state index in [0.29, 0.717) is 44.2 Å². The molecule has 1 amide bonds. The van der Waals surface area contributed by atoms with Crippen LogP contribution in [0.4, 0.5) is 0 Å². The Bertz CT molecular complexity index is 946. The summed E-state index contributed by atoms with van der Waals surface area (Å²) in [5, 5.41) is 10.5. The minimum Gasteiger partial charge on any atom is -0.481 e. The summed E-state index contributed by atoms with van der Waals surface area (Å²) in [5.41, 5.74) is 0.463. The second-order valence-corrected chi connectivity index (χ2v) is 11.1. The Hall–Kier alpha value is -2.36. The molecule has 1 aromatic rings. The number of hydrogen-bond acceptors (Lipinski definition) is 7. The van der Waals surface area contributed by atoms with Gasteiger partial charge in [-0.1, -0.05) is 40.2 Å². The van der Waals surface area contributed by atoms with Crippen molar-refractivity contribution in [3.63, 3.8) is 0 Å². The molecule has 0 aromatic heterocycles. The van der Waals surface area contributed by atoms with Crippen LogP contribution in [0.5, 0.6) is 11.5 Å². The number of unbranched alkanes of at least 4 members (excludes halogenated alkanes) is 1. The first-order chi connectivity index (χ1) is 17.7. The van der Waals surface area contributed by atoms with Crippen LogP contribution >= 0.6 is 0 Å². The molecule has 37 heavy (non-hydrogen) atoms. The van der Waals surface area contributed by atoms with Crippen LogP contribution in [-0.4, -0.2) is 85.3 Å². The maximum absolute atomic E-state index is 13.5. The molecule has 0 bridgehead atoms. The quantitative estimate of drug-likeness (QED) is 0.447. The molecule has 1 unspecified atom stereocenters. The Morgan fingerprint density at radius 3 is 2.49 bits per heavy atom. The fourth-order valence-electron chi connectivity index (χ4n) is 5.93. The van der Waals surface area contributed by atoms with Crippen molar-refractivity contribution in [3.05, 3.63) is 23.8 Å². The highest BCUT2D eigenvalue weighted by atomic mass is 16.7. The number of likely N-dealkylation sites (tertiary alicyclic amines) is 1. The molecule has 1 aromatic carbocycles. The molecular weight excluding hydrogens is 476 g/mol. The summed E-state index contributed by atoms with van der Waals surface area (Å²) < 4.78 is 22.7. The third-order valence-electron chi connectivity index (χ3n) is 7.82. The zero-order chi connectivity index (χ0) is 26.6. The topological polar surface area (TPSA) is 97.8 Å². The first-order valence-corrected chi connectivity index (χ1v) is 13.6. The third-order valence-corrected chi connectivity index (χ3v) is 7.82. The van der Waals surface area contributed by atoms with E-state index in [1.54, 1.807) is 0 Å². The molecule has 3 atom stereocenters. The van der Waals surface area contributed by atoms with Gasteiger partial charge in [-0.15, -0.1) is 0 Å². The highest BCUT2D eigenvalue weighted by molar-refractivity contribution is 5.79. The number of nitrogens with zero attached hydrogens (tertiary/aromatic N) is 2.